The van der Waals surface area contributed by atoms with Gasteiger partial charge in [0, 0.05) is 6.04 Å². The van der Waals surface area contributed by atoms with E-state index in [-0.39, 0.29) is 24.0 Å². The van der Waals surface area contributed by atoms with Crippen LogP contribution in [0.4, 0.5) is 4.79 Å². The fraction of sp³-hybridized carbons (Fsp3) is 0.600. The molecule has 6 heteroatoms. The first kappa shape index (κ1) is 17.1. The summed E-state index contributed by atoms with van der Waals surface area (Å²) in [6.45, 7) is 5.44. The second-order valence-corrected chi connectivity index (χ2v) is 5.43. The van der Waals surface area contributed by atoms with Gasteiger partial charge in [-0.2, -0.15) is 0 Å². The van der Waals surface area contributed by atoms with E-state index in [0.717, 1.165) is 12.8 Å². The molecule has 0 aliphatic rings. The third kappa shape index (κ3) is 6.33. The van der Waals surface area contributed by atoms with Gasteiger partial charge in [0.15, 0.2) is 0 Å². The third-order valence-electron chi connectivity index (χ3n) is 3.39. The van der Waals surface area contributed by atoms with Crippen LogP contribution in [0, 0.1) is 5.92 Å². The topological polar surface area (TPSA) is 91.6 Å². The molecule has 21 heavy (non-hydrogen) atoms. The van der Waals surface area contributed by atoms with E-state index in [1.165, 1.54) is 0 Å². The highest BCUT2D eigenvalue weighted by atomic mass is 16.4. The molecule has 1 rings (SSSR count). The van der Waals surface area contributed by atoms with Gasteiger partial charge in [0.2, 0.25) is 0 Å². The summed E-state index contributed by atoms with van der Waals surface area (Å²) >= 11 is 0. The summed E-state index contributed by atoms with van der Waals surface area (Å²) in [6, 6.07) is 3.13. The van der Waals surface area contributed by atoms with E-state index in [1.54, 1.807) is 19.3 Å². The maximum absolute atomic E-state index is 11.8. The molecule has 0 bridgehead atoms. The molecule has 0 saturated carbocycles. The van der Waals surface area contributed by atoms with Crippen molar-refractivity contribution < 1.29 is 19.1 Å². The van der Waals surface area contributed by atoms with Crippen molar-refractivity contribution in [1.29, 1.82) is 0 Å². The second-order valence-electron chi connectivity index (χ2n) is 5.43. The van der Waals surface area contributed by atoms with Crippen LogP contribution in [0.2, 0.25) is 0 Å². The maximum Gasteiger partial charge on any atom is 0.315 e. The first-order valence-corrected chi connectivity index (χ1v) is 7.23. The van der Waals surface area contributed by atoms with Crippen LogP contribution >= 0.6 is 0 Å². The summed E-state index contributed by atoms with van der Waals surface area (Å²) in [7, 11) is 0. The van der Waals surface area contributed by atoms with E-state index in [0.29, 0.717) is 12.2 Å². The van der Waals surface area contributed by atoms with Gasteiger partial charge in [0.1, 0.15) is 5.76 Å². The summed E-state index contributed by atoms with van der Waals surface area (Å²) < 4.78 is 5.22. The van der Waals surface area contributed by atoms with Gasteiger partial charge in [0.05, 0.1) is 18.2 Å². The molecule has 3 unspecified atom stereocenters. The third-order valence-corrected chi connectivity index (χ3v) is 3.39. The van der Waals surface area contributed by atoms with Gasteiger partial charge in [0.25, 0.3) is 0 Å². The van der Waals surface area contributed by atoms with Gasteiger partial charge in [-0.05, 0) is 38.8 Å². The standard InChI is InChI=1S/C15H24N2O4/c1-10(14(18)19)6-4-7-11(2)16-15(20)17-12(3)13-8-5-9-21-13/h5,8-12H,4,6-7H2,1-3H3,(H,18,19)(H2,16,17,20). The smallest absolute Gasteiger partial charge is 0.315 e. The average Bonchev–Trinajstić information content (AvgIpc) is 2.91. The highest BCUT2D eigenvalue weighted by Gasteiger charge is 2.14. The quantitative estimate of drug-likeness (QED) is 0.687. The van der Waals surface area contributed by atoms with Crippen molar-refractivity contribution in [2.24, 2.45) is 5.92 Å². The van der Waals surface area contributed by atoms with Crippen LogP contribution in [-0.2, 0) is 4.79 Å². The fourth-order valence-electron chi connectivity index (χ4n) is 2.00. The Bertz CT molecular complexity index is 445. The van der Waals surface area contributed by atoms with Gasteiger partial charge >= 0.3 is 12.0 Å². The van der Waals surface area contributed by atoms with Gasteiger partial charge in [-0.15, -0.1) is 0 Å². The Morgan fingerprint density at radius 3 is 2.52 bits per heavy atom. The molecule has 3 N–H and O–H groups in total. The zero-order valence-electron chi connectivity index (χ0n) is 12.8. The van der Waals surface area contributed by atoms with E-state index in [4.69, 9.17) is 9.52 Å². The summed E-state index contributed by atoms with van der Waals surface area (Å²) in [5, 5.41) is 14.4. The van der Waals surface area contributed by atoms with Crippen LogP contribution < -0.4 is 10.6 Å². The van der Waals surface area contributed by atoms with E-state index in [2.05, 4.69) is 10.6 Å². The SMILES string of the molecule is CC(CCCC(C)C(=O)O)NC(=O)NC(C)c1ccco1. The molecular formula is C15H24N2O4. The van der Waals surface area contributed by atoms with Crippen LogP contribution in [0.15, 0.2) is 22.8 Å². The van der Waals surface area contributed by atoms with Crippen LogP contribution in [0.25, 0.3) is 0 Å². The lowest BCUT2D eigenvalue weighted by Gasteiger charge is -2.17. The minimum Gasteiger partial charge on any atom is -0.481 e. The fourth-order valence-corrected chi connectivity index (χ4v) is 2.00. The molecule has 0 saturated heterocycles. The summed E-state index contributed by atoms with van der Waals surface area (Å²) in [5.74, 6) is -0.418. The minimum atomic E-state index is -0.777. The molecule has 0 spiro atoms. The Morgan fingerprint density at radius 2 is 1.95 bits per heavy atom. The lowest BCUT2D eigenvalue weighted by Crippen LogP contribution is -2.41. The van der Waals surface area contributed by atoms with Crippen molar-refractivity contribution >= 4 is 12.0 Å². The van der Waals surface area contributed by atoms with E-state index in [9.17, 15) is 9.59 Å². The molecular weight excluding hydrogens is 272 g/mol. The average molecular weight is 296 g/mol. The molecule has 3 atom stereocenters. The number of amides is 2. The predicted octanol–water partition coefficient (Wildman–Crippen LogP) is 2.92. The Hall–Kier alpha value is -1.98. The molecule has 118 valence electrons. The lowest BCUT2D eigenvalue weighted by atomic mass is 10.0. The monoisotopic (exact) mass is 296 g/mol. The molecule has 1 aromatic heterocycles. The van der Waals surface area contributed by atoms with Gasteiger partial charge in [-0.3, -0.25) is 4.79 Å². The summed E-state index contributed by atoms with van der Waals surface area (Å²) in [4.78, 5) is 22.5. The number of hydrogen-bond acceptors (Lipinski definition) is 3. The molecule has 0 aromatic carbocycles. The Labute approximate surface area is 124 Å². The molecule has 0 fully saturated rings. The van der Waals surface area contributed by atoms with Gasteiger partial charge in [-0.25, -0.2) is 4.79 Å². The highest BCUT2D eigenvalue weighted by molar-refractivity contribution is 5.74. The largest absolute Gasteiger partial charge is 0.481 e. The van der Waals surface area contributed by atoms with Crippen molar-refractivity contribution in [3.05, 3.63) is 24.2 Å². The number of hydrogen-bond donors (Lipinski definition) is 3. The van der Waals surface area contributed by atoms with Crippen molar-refractivity contribution in [2.75, 3.05) is 0 Å². The minimum absolute atomic E-state index is 0.00482. The van der Waals surface area contributed by atoms with Crippen LogP contribution in [0.1, 0.15) is 51.8 Å². The van der Waals surface area contributed by atoms with Crippen LogP contribution in [0.5, 0.6) is 0 Å². The van der Waals surface area contributed by atoms with E-state index < -0.39 is 5.97 Å². The maximum atomic E-state index is 11.8. The van der Waals surface area contributed by atoms with Gasteiger partial charge < -0.3 is 20.2 Å². The molecule has 0 aliphatic carbocycles. The Balaban J connectivity index is 2.23. The number of carbonyl (C=O) groups is 2. The van der Waals surface area contributed by atoms with E-state index >= 15 is 0 Å². The van der Waals surface area contributed by atoms with Crippen molar-refractivity contribution in [1.82, 2.24) is 10.6 Å². The molecule has 0 radical (unpaired) electrons. The first-order valence-electron chi connectivity index (χ1n) is 7.23. The van der Waals surface area contributed by atoms with Gasteiger partial charge in [-0.1, -0.05) is 13.3 Å². The number of furan rings is 1. The number of carboxylic acids is 1. The highest BCUT2D eigenvalue weighted by Crippen LogP contribution is 2.12. The molecule has 2 amide bonds. The van der Waals surface area contributed by atoms with E-state index in [1.807, 2.05) is 19.9 Å². The molecule has 1 aromatic rings. The number of carbonyl (C=O) groups excluding carboxylic acids is 1. The Morgan fingerprint density at radius 1 is 1.24 bits per heavy atom. The molecule has 0 aliphatic heterocycles. The number of nitrogens with one attached hydrogen (secondary N) is 2. The Kier molecular flexibility index (Phi) is 6.78. The zero-order valence-corrected chi connectivity index (χ0v) is 12.8. The second kappa shape index (κ2) is 8.34. The number of aliphatic carboxylic acids is 1. The lowest BCUT2D eigenvalue weighted by molar-refractivity contribution is -0.141. The summed E-state index contributed by atoms with van der Waals surface area (Å²) in [5.41, 5.74) is 0. The van der Waals surface area contributed by atoms with Crippen molar-refractivity contribution in [3.63, 3.8) is 0 Å². The number of carboxylic acid groups (broad SMARTS) is 1. The zero-order chi connectivity index (χ0) is 15.8. The predicted molar refractivity (Wildman–Crippen MR) is 78.9 cm³/mol. The number of urea groups is 1. The molecule has 1 heterocycles. The summed E-state index contributed by atoms with van der Waals surface area (Å²) in [6.07, 6.45) is 3.70. The van der Waals surface area contributed by atoms with Crippen molar-refractivity contribution in [3.8, 4) is 0 Å². The van der Waals surface area contributed by atoms with Crippen molar-refractivity contribution in [2.45, 2.75) is 52.1 Å². The first-order chi connectivity index (χ1) is 9.90. The normalized spacial score (nSPS) is 15.0. The number of rotatable bonds is 8. The molecule has 6 nitrogen and oxygen atoms in total. The van der Waals surface area contributed by atoms with Crippen LogP contribution in [0.3, 0.4) is 0 Å². The van der Waals surface area contributed by atoms with Crippen LogP contribution in [-0.4, -0.2) is 23.1 Å².